The summed E-state index contributed by atoms with van der Waals surface area (Å²) in [6.45, 7) is 1.90. The van der Waals surface area contributed by atoms with Crippen LogP contribution in [0.4, 0.5) is 10.6 Å². The van der Waals surface area contributed by atoms with Gasteiger partial charge in [0.2, 0.25) is 11.7 Å². The number of ether oxygens (including phenoxy) is 1. The number of pyridine rings is 1. The van der Waals surface area contributed by atoms with Crippen molar-refractivity contribution in [1.82, 2.24) is 9.97 Å². The molecule has 1 amide bonds. The van der Waals surface area contributed by atoms with Crippen LogP contribution in [-0.4, -0.2) is 28.6 Å². The topological polar surface area (TPSA) is 117 Å². The summed E-state index contributed by atoms with van der Waals surface area (Å²) in [7, 11) is 0. The van der Waals surface area contributed by atoms with E-state index in [2.05, 4.69) is 9.97 Å². The van der Waals surface area contributed by atoms with Crippen molar-refractivity contribution in [2.45, 2.75) is 6.92 Å². The van der Waals surface area contributed by atoms with Crippen molar-refractivity contribution in [3.8, 4) is 11.5 Å². The summed E-state index contributed by atoms with van der Waals surface area (Å²) < 4.78 is 10.0. The number of carbonyl (C=O) groups is 2. The molecule has 0 saturated heterocycles. The Hall–Kier alpha value is -2.30. The first-order chi connectivity index (χ1) is 9.60. The van der Waals surface area contributed by atoms with Crippen molar-refractivity contribution in [3.05, 3.63) is 30.3 Å². The minimum Gasteiger partial charge on any atom is -0.530 e. The van der Waals surface area contributed by atoms with Crippen LogP contribution < -0.4 is 29.3 Å². The molecule has 2 aromatic rings. The Labute approximate surface area is 131 Å². The van der Waals surface area contributed by atoms with E-state index >= 15 is 0 Å². The Morgan fingerprint density at radius 2 is 2.19 bits per heavy atom. The van der Waals surface area contributed by atoms with Crippen molar-refractivity contribution in [1.29, 1.82) is 0 Å². The minimum absolute atomic E-state index is 0. The van der Waals surface area contributed by atoms with Gasteiger partial charge >= 0.3 is 24.8 Å². The summed E-state index contributed by atoms with van der Waals surface area (Å²) in [5.41, 5.74) is 0.458. The summed E-state index contributed by atoms with van der Waals surface area (Å²) in [5.74, 6) is -0.434. The van der Waals surface area contributed by atoms with Crippen LogP contribution in [0.5, 0.6) is 0 Å². The summed E-state index contributed by atoms with van der Waals surface area (Å²) >= 11 is 0. The molecule has 1 N–H and O–H groups in total. The second-order valence-corrected chi connectivity index (χ2v) is 3.59. The number of nitrogens with one attached hydrogen (secondary N) is 1. The third-order valence-electron chi connectivity index (χ3n) is 2.22. The maximum atomic E-state index is 11.4. The molecule has 9 heteroatoms. The number of amides is 1. The first kappa shape index (κ1) is 16.8. The molecule has 0 fully saturated rings. The molecule has 0 atom stereocenters. The molecular weight excluding hydrogens is 273 g/mol. The third kappa shape index (κ3) is 4.34. The molecule has 2 heterocycles. The standard InChI is InChI=1S/C12H11N3O5.Li/c1-2-19-11(16)8-6-14-10(20-8)7-3-4-13-9(5-7)15-12(17)18;/h3-6H,2H2,1H3,(H,13,15)(H,17,18);/q;+1/p-1. The number of esters is 1. The van der Waals surface area contributed by atoms with Crippen molar-refractivity contribution in [2.24, 2.45) is 0 Å². The predicted molar refractivity (Wildman–Crippen MR) is 64.7 cm³/mol. The third-order valence-corrected chi connectivity index (χ3v) is 2.22. The first-order valence-corrected chi connectivity index (χ1v) is 5.67. The van der Waals surface area contributed by atoms with Crippen LogP contribution in [0.1, 0.15) is 17.5 Å². The molecule has 0 radical (unpaired) electrons. The fraction of sp³-hybridized carbons (Fsp3) is 0.167. The number of carbonyl (C=O) groups excluding carboxylic acids is 2. The zero-order chi connectivity index (χ0) is 14.5. The van der Waals surface area contributed by atoms with E-state index in [1.807, 2.05) is 5.32 Å². The number of nitrogens with zero attached hydrogens (tertiary/aromatic N) is 2. The number of rotatable bonds is 4. The molecule has 0 unspecified atom stereocenters. The zero-order valence-corrected chi connectivity index (χ0v) is 11.5. The molecule has 0 aromatic carbocycles. The Balaban J connectivity index is 0.00000220. The first-order valence-electron chi connectivity index (χ1n) is 5.67. The molecule has 104 valence electrons. The van der Waals surface area contributed by atoms with Gasteiger partial charge in [0.25, 0.3) is 0 Å². The molecule has 0 aliphatic carbocycles. The summed E-state index contributed by atoms with van der Waals surface area (Å²) in [6, 6.07) is 2.96. The largest absolute Gasteiger partial charge is 1.00 e. The van der Waals surface area contributed by atoms with Gasteiger partial charge < -0.3 is 24.4 Å². The van der Waals surface area contributed by atoms with Crippen LogP contribution >= 0.6 is 0 Å². The van der Waals surface area contributed by atoms with Crippen LogP contribution in [-0.2, 0) is 4.74 Å². The second kappa shape index (κ2) is 7.47. The van der Waals surface area contributed by atoms with E-state index < -0.39 is 12.1 Å². The van der Waals surface area contributed by atoms with Gasteiger partial charge in [0, 0.05) is 11.8 Å². The van der Waals surface area contributed by atoms with Crippen LogP contribution in [0.2, 0.25) is 0 Å². The molecule has 0 aliphatic heterocycles. The number of oxazole rings is 1. The molecular formula is C12H10LiN3O5. The van der Waals surface area contributed by atoms with E-state index in [9.17, 15) is 14.7 Å². The van der Waals surface area contributed by atoms with Gasteiger partial charge in [-0.15, -0.1) is 0 Å². The van der Waals surface area contributed by atoms with Crippen molar-refractivity contribution in [3.63, 3.8) is 0 Å². The van der Waals surface area contributed by atoms with Crippen molar-refractivity contribution < 1.29 is 42.7 Å². The molecule has 0 saturated carbocycles. The molecule has 2 rings (SSSR count). The van der Waals surface area contributed by atoms with E-state index in [0.717, 1.165) is 0 Å². The van der Waals surface area contributed by atoms with Crippen molar-refractivity contribution in [2.75, 3.05) is 11.9 Å². The van der Waals surface area contributed by atoms with Crippen LogP contribution in [0.25, 0.3) is 11.5 Å². The van der Waals surface area contributed by atoms with Crippen molar-refractivity contribution >= 4 is 17.9 Å². The van der Waals surface area contributed by atoms with Gasteiger partial charge in [-0.25, -0.2) is 14.8 Å². The van der Waals surface area contributed by atoms with Crippen LogP contribution in [0, 0.1) is 0 Å². The predicted octanol–water partition coefficient (Wildman–Crippen LogP) is -2.33. The van der Waals surface area contributed by atoms with Gasteiger partial charge in [-0.3, -0.25) is 0 Å². The molecule has 0 spiro atoms. The zero-order valence-electron chi connectivity index (χ0n) is 11.5. The SMILES string of the molecule is CCOC(=O)c1cnc(-c2ccnc(NC(=O)[O-])c2)o1.[Li+]. The normalized spacial score (nSPS) is 9.57. The molecule has 8 nitrogen and oxygen atoms in total. The molecule has 0 aliphatic rings. The Morgan fingerprint density at radius 1 is 1.43 bits per heavy atom. The van der Waals surface area contributed by atoms with E-state index in [1.54, 1.807) is 13.0 Å². The molecule has 0 bridgehead atoms. The molecule has 2 aromatic heterocycles. The maximum Gasteiger partial charge on any atom is 1.00 e. The van der Waals surface area contributed by atoms with Gasteiger partial charge in [0.15, 0.2) is 0 Å². The van der Waals surface area contributed by atoms with E-state index in [0.29, 0.717) is 5.56 Å². The minimum atomic E-state index is -1.48. The average molecular weight is 283 g/mol. The van der Waals surface area contributed by atoms with Gasteiger partial charge in [-0.1, -0.05) is 0 Å². The van der Waals surface area contributed by atoms with Crippen LogP contribution in [0.15, 0.2) is 28.9 Å². The van der Waals surface area contributed by atoms with E-state index in [4.69, 9.17) is 9.15 Å². The number of hydrogen-bond donors (Lipinski definition) is 1. The summed E-state index contributed by atoms with van der Waals surface area (Å²) in [5, 5.41) is 12.4. The van der Waals surface area contributed by atoms with E-state index in [1.165, 1.54) is 18.5 Å². The average Bonchev–Trinajstić information content (AvgIpc) is 2.88. The smallest absolute Gasteiger partial charge is 0.530 e. The van der Waals surface area contributed by atoms with E-state index in [-0.39, 0.29) is 42.9 Å². The Morgan fingerprint density at radius 3 is 2.86 bits per heavy atom. The number of aromatic nitrogens is 2. The van der Waals surface area contributed by atoms with Crippen LogP contribution in [0.3, 0.4) is 0 Å². The maximum absolute atomic E-state index is 11.4. The fourth-order valence-corrected chi connectivity index (χ4v) is 1.44. The fourth-order valence-electron chi connectivity index (χ4n) is 1.44. The monoisotopic (exact) mass is 283 g/mol. The van der Waals surface area contributed by atoms with Gasteiger partial charge in [0.05, 0.1) is 12.8 Å². The number of hydrogen-bond acceptors (Lipinski definition) is 7. The van der Waals surface area contributed by atoms with Gasteiger partial charge in [0.1, 0.15) is 11.9 Å². The summed E-state index contributed by atoms with van der Waals surface area (Å²) in [6.07, 6.45) is 1.13. The Bertz CT molecular complexity index is 643. The van der Waals surface area contributed by atoms with Gasteiger partial charge in [-0.2, -0.15) is 0 Å². The summed E-state index contributed by atoms with van der Waals surface area (Å²) in [4.78, 5) is 29.6. The number of anilines is 1. The number of carboxylic acid groups (broad SMARTS) is 1. The van der Waals surface area contributed by atoms with Gasteiger partial charge in [-0.05, 0) is 19.1 Å². The second-order valence-electron chi connectivity index (χ2n) is 3.59. The molecule has 21 heavy (non-hydrogen) atoms. The quantitative estimate of drug-likeness (QED) is 0.494. The Kier molecular flexibility index (Phi) is 5.96.